The van der Waals surface area contributed by atoms with Crippen molar-refractivity contribution in [3.63, 3.8) is 0 Å². The molecular weight excluding hydrogens is 314 g/mol. The van der Waals surface area contributed by atoms with Crippen LogP contribution in [0, 0.1) is 0 Å². The molecule has 2 aliphatic rings. The fourth-order valence-corrected chi connectivity index (χ4v) is 3.46. The van der Waals surface area contributed by atoms with Crippen LogP contribution in [0.15, 0.2) is 54.6 Å². The normalized spacial score (nSPS) is 19.3. The van der Waals surface area contributed by atoms with Crippen LogP contribution < -0.4 is 9.47 Å². The van der Waals surface area contributed by atoms with Gasteiger partial charge in [-0.05, 0) is 42.2 Å². The molecule has 1 fully saturated rings. The molecule has 0 bridgehead atoms. The lowest BCUT2D eigenvalue weighted by Gasteiger charge is -2.15. The van der Waals surface area contributed by atoms with Crippen molar-refractivity contribution in [2.75, 3.05) is 19.9 Å². The topological polar surface area (TPSA) is 38.8 Å². The Labute approximate surface area is 147 Å². The van der Waals surface area contributed by atoms with Gasteiger partial charge in [-0.15, -0.1) is 0 Å². The first-order valence-corrected chi connectivity index (χ1v) is 8.63. The van der Waals surface area contributed by atoms with Gasteiger partial charge in [0.25, 0.3) is 0 Å². The van der Waals surface area contributed by atoms with E-state index in [2.05, 4.69) is 6.07 Å². The molecule has 128 valence electrons. The first-order chi connectivity index (χ1) is 12.2. The molecule has 0 radical (unpaired) electrons. The minimum atomic E-state index is 0.0876. The summed E-state index contributed by atoms with van der Waals surface area (Å²) in [6, 6.07) is 16.1. The second-order valence-electron chi connectivity index (χ2n) is 6.58. The van der Waals surface area contributed by atoms with Gasteiger partial charge in [-0.25, -0.2) is 0 Å². The summed E-state index contributed by atoms with van der Waals surface area (Å²) in [7, 11) is 0. The van der Waals surface area contributed by atoms with Crippen LogP contribution in [-0.4, -0.2) is 30.7 Å². The lowest BCUT2D eigenvalue weighted by Crippen LogP contribution is -2.26. The number of fused-ring (bicyclic) bond motifs is 1. The molecule has 0 N–H and O–H groups in total. The van der Waals surface area contributed by atoms with Crippen LogP contribution in [0.4, 0.5) is 0 Å². The zero-order valence-electron chi connectivity index (χ0n) is 14.3. The number of rotatable bonds is 3. The number of nitrogens with zero attached hydrogens (tertiary/aromatic N) is 1. The van der Waals surface area contributed by atoms with Gasteiger partial charge in [0, 0.05) is 25.1 Å². The Morgan fingerprint density at radius 3 is 2.76 bits per heavy atom. The van der Waals surface area contributed by atoms with Crippen molar-refractivity contribution in [1.29, 1.82) is 0 Å². The van der Waals surface area contributed by atoms with E-state index in [0.717, 1.165) is 42.1 Å². The van der Waals surface area contributed by atoms with E-state index in [4.69, 9.17) is 9.47 Å². The highest BCUT2D eigenvalue weighted by atomic mass is 16.7. The summed E-state index contributed by atoms with van der Waals surface area (Å²) < 4.78 is 10.8. The number of benzene rings is 2. The van der Waals surface area contributed by atoms with Crippen LogP contribution in [0.1, 0.15) is 30.4 Å². The third-order valence-electron chi connectivity index (χ3n) is 4.94. The maximum absolute atomic E-state index is 12.6. The van der Waals surface area contributed by atoms with Crippen molar-refractivity contribution in [1.82, 2.24) is 4.90 Å². The second-order valence-corrected chi connectivity index (χ2v) is 6.58. The van der Waals surface area contributed by atoms with E-state index in [1.54, 1.807) is 6.08 Å². The molecule has 4 rings (SSSR count). The first-order valence-electron chi connectivity index (χ1n) is 8.63. The Morgan fingerprint density at radius 1 is 1.12 bits per heavy atom. The molecule has 0 aliphatic carbocycles. The molecule has 1 unspecified atom stereocenters. The van der Waals surface area contributed by atoms with E-state index < -0.39 is 0 Å². The lowest BCUT2D eigenvalue weighted by atomic mass is 9.98. The lowest BCUT2D eigenvalue weighted by molar-refractivity contribution is -0.125. The van der Waals surface area contributed by atoms with E-state index >= 15 is 0 Å². The van der Waals surface area contributed by atoms with Gasteiger partial charge in [0.15, 0.2) is 11.5 Å². The van der Waals surface area contributed by atoms with Gasteiger partial charge in [0.05, 0.1) is 0 Å². The number of carbonyl (C=O) groups is 1. The van der Waals surface area contributed by atoms with Gasteiger partial charge < -0.3 is 14.4 Å². The Bertz CT molecular complexity index is 813. The van der Waals surface area contributed by atoms with Crippen molar-refractivity contribution >= 4 is 11.5 Å². The number of hydrogen-bond donors (Lipinski definition) is 0. The van der Waals surface area contributed by atoms with E-state index in [0.29, 0.717) is 5.92 Å². The number of amides is 1. The summed E-state index contributed by atoms with van der Waals surface area (Å²) in [5.74, 6) is 2.05. The van der Waals surface area contributed by atoms with Crippen LogP contribution in [0.3, 0.4) is 0 Å². The quantitative estimate of drug-likeness (QED) is 0.800. The summed E-state index contributed by atoms with van der Waals surface area (Å²) in [6.07, 6.45) is 2.72. The number of ether oxygens (including phenoxy) is 2. The highest BCUT2D eigenvalue weighted by molar-refractivity contribution is 5.95. The van der Waals surface area contributed by atoms with Crippen LogP contribution >= 0.6 is 0 Å². The van der Waals surface area contributed by atoms with Crippen molar-refractivity contribution in [2.24, 2.45) is 0 Å². The standard InChI is InChI=1S/C21H21NO3/c1-15(16-5-3-2-4-6-16)11-21(23)22-10-9-18(13-22)17-7-8-19-20(12-17)25-14-24-19/h2-8,11-12,18H,9-10,13-14H2,1H3/b15-11+. The fraction of sp³-hybridized carbons (Fsp3) is 0.286. The Hall–Kier alpha value is -2.75. The third kappa shape index (κ3) is 3.25. The molecular formula is C21H21NO3. The Morgan fingerprint density at radius 2 is 1.92 bits per heavy atom. The minimum absolute atomic E-state index is 0.0876. The number of likely N-dealkylation sites (tertiary alicyclic amines) is 1. The van der Waals surface area contributed by atoms with Crippen molar-refractivity contribution in [2.45, 2.75) is 19.3 Å². The average molecular weight is 335 g/mol. The molecule has 2 aromatic carbocycles. The highest BCUT2D eigenvalue weighted by Crippen LogP contribution is 2.37. The average Bonchev–Trinajstić information content (AvgIpc) is 3.31. The first kappa shape index (κ1) is 15.8. The maximum Gasteiger partial charge on any atom is 0.246 e. The molecule has 2 aromatic rings. The molecule has 25 heavy (non-hydrogen) atoms. The summed E-state index contributed by atoms with van der Waals surface area (Å²) in [6.45, 7) is 3.81. The van der Waals surface area contributed by atoms with Crippen molar-refractivity contribution in [3.05, 3.63) is 65.7 Å². The number of hydrogen-bond acceptors (Lipinski definition) is 3. The highest BCUT2D eigenvalue weighted by Gasteiger charge is 2.27. The molecule has 0 spiro atoms. The molecule has 4 heteroatoms. The number of allylic oxidation sites excluding steroid dienone is 1. The minimum Gasteiger partial charge on any atom is -0.454 e. The predicted molar refractivity (Wildman–Crippen MR) is 96.6 cm³/mol. The molecule has 1 atom stereocenters. The molecule has 2 aliphatic heterocycles. The van der Waals surface area contributed by atoms with Gasteiger partial charge >= 0.3 is 0 Å². The largest absolute Gasteiger partial charge is 0.454 e. The molecule has 1 saturated heterocycles. The monoisotopic (exact) mass is 335 g/mol. The van der Waals surface area contributed by atoms with E-state index in [9.17, 15) is 4.79 Å². The van der Waals surface area contributed by atoms with Crippen LogP contribution in [-0.2, 0) is 4.79 Å². The fourth-order valence-electron chi connectivity index (χ4n) is 3.46. The van der Waals surface area contributed by atoms with Crippen molar-refractivity contribution < 1.29 is 14.3 Å². The van der Waals surface area contributed by atoms with Crippen LogP contribution in [0.2, 0.25) is 0 Å². The molecule has 4 nitrogen and oxygen atoms in total. The summed E-state index contributed by atoms with van der Waals surface area (Å²) >= 11 is 0. The molecule has 2 heterocycles. The Kier molecular flexibility index (Phi) is 4.18. The zero-order chi connectivity index (χ0) is 17.2. The van der Waals surface area contributed by atoms with Gasteiger partial charge in [-0.3, -0.25) is 4.79 Å². The summed E-state index contributed by atoms with van der Waals surface area (Å²) in [4.78, 5) is 14.5. The maximum atomic E-state index is 12.6. The zero-order valence-corrected chi connectivity index (χ0v) is 14.3. The Balaban J connectivity index is 1.44. The van der Waals surface area contributed by atoms with Crippen LogP contribution in [0.5, 0.6) is 11.5 Å². The van der Waals surface area contributed by atoms with Crippen LogP contribution in [0.25, 0.3) is 5.57 Å². The molecule has 0 saturated carbocycles. The van der Waals surface area contributed by atoms with E-state index in [-0.39, 0.29) is 12.7 Å². The molecule has 1 amide bonds. The number of carbonyl (C=O) groups excluding carboxylic acids is 1. The van der Waals surface area contributed by atoms with Crippen molar-refractivity contribution in [3.8, 4) is 11.5 Å². The van der Waals surface area contributed by atoms with Gasteiger partial charge in [-0.2, -0.15) is 0 Å². The van der Waals surface area contributed by atoms with Gasteiger partial charge in [0.1, 0.15) is 0 Å². The van der Waals surface area contributed by atoms with Gasteiger partial charge in [-0.1, -0.05) is 36.4 Å². The third-order valence-corrected chi connectivity index (χ3v) is 4.94. The van der Waals surface area contributed by atoms with Gasteiger partial charge in [0.2, 0.25) is 12.7 Å². The SMILES string of the molecule is C/C(=C\C(=O)N1CCC(c2ccc3c(c2)OCO3)C1)c1ccccc1. The molecule has 0 aromatic heterocycles. The summed E-state index contributed by atoms with van der Waals surface area (Å²) in [5, 5.41) is 0. The second kappa shape index (κ2) is 6.63. The summed E-state index contributed by atoms with van der Waals surface area (Å²) in [5.41, 5.74) is 3.29. The van der Waals surface area contributed by atoms with E-state index in [1.807, 2.05) is 54.3 Å². The smallest absolute Gasteiger partial charge is 0.246 e. The predicted octanol–water partition coefficient (Wildman–Crippen LogP) is 3.83. The van der Waals surface area contributed by atoms with E-state index in [1.165, 1.54) is 5.56 Å².